The molecule has 1 aromatic carbocycles. The summed E-state index contributed by atoms with van der Waals surface area (Å²) in [4.78, 5) is 0. The summed E-state index contributed by atoms with van der Waals surface area (Å²) in [5.74, 6) is -1.37. The molecular formula is C13H14ClF2N3O. The van der Waals surface area contributed by atoms with Crippen LogP contribution >= 0.6 is 11.6 Å². The second kappa shape index (κ2) is 6.30. The summed E-state index contributed by atoms with van der Waals surface area (Å²) in [6, 6.07) is 2.38. The van der Waals surface area contributed by atoms with Crippen LogP contribution in [-0.4, -0.2) is 23.5 Å². The number of nitrogens with zero attached hydrogens (tertiary/aromatic N) is 2. The molecule has 0 saturated heterocycles. The summed E-state index contributed by atoms with van der Waals surface area (Å²) in [5, 5.41) is 4.43. The first-order valence-corrected chi connectivity index (χ1v) is 6.32. The van der Waals surface area contributed by atoms with Gasteiger partial charge in [0.2, 0.25) is 0 Å². The Kier molecular flexibility index (Phi) is 4.69. The van der Waals surface area contributed by atoms with E-state index in [9.17, 15) is 8.78 Å². The highest BCUT2D eigenvalue weighted by atomic mass is 35.5. The van der Waals surface area contributed by atoms with E-state index < -0.39 is 17.7 Å². The molecule has 7 heteroatoms. The molecule has 0 amide bonds. The molecule has 0 aliphatic rings. The van der Waals surface area contributed by atoms with E-state index in [0.29, 0.717) is 29.4 Å². The minimum absolute atomic E-state index is 0.295. The smallest absolute Gasteiger partial charge is 0.126 e. The molecule has 0 radical (unpaired) electrons. The second-order valence-corrected chi connectivity index (χ2v) is 4.68. The molecule has 1 aromatic heterocycles. The number of benzene rings is 1. The molecule has 0 aliphatic carbocycles. The third kappa shape index (κ3) is 3.15. The molecule has 0 fully saturated rings. The van der Waals surface area contributed by atoms with Gasteiger partial charge in [-0.25, -0.2) is 8.78 Å². The maximum Gasteiger partial charge on any atom is 0.126 e. The largest absolute Gasteiger partial charge is 0.383 e. The molecule has 0 aliphatic heterocycles. The van der Waals surface area contributed by atoms with Crippen LogP contribution < -0.4 is 5.73 Å². The lowest BCUT2D eigenvalue weighted by molar-refractivity contribution is 0.182. The number of aromatic nitrogens is 2. The number of ether oxygens (including phenoxy) is 1. The van der Waals surface area contributed by atoms with Crippen LogP contribution in [0.25, 0.3) is 0 Å². The van der Waals surface area contributed by atoms with Gasteiger partial charge in [-0.3, -0.25) is 4.68 Å². The molecule has 1 unspecified atom stereocenters. The first kappa shape index (κ1) is 14.9. The SMILES string of the molecule is COCCn1ncc(Cl)c1C(N)c1cc(F)cc(F)c1. The van der Waals surface area contributed by atoms with E-state index in [4.69, 9.17) is 22.1 Å². The average molecular weight is 302 g/mol. The van der Waals surface area contributed by atoms with Crippen molar-refractivity contribution in [2.45, 2.75) is 12.6 Å². The van der Waals surface area contributed by atoms with Gasteiger partial charge in [-0.05, 0) is 17.7 Å². The Labute approximate surface area is 120 Å². The normalized spacial score (nSPS) is 12.7. The van der Waals surface area contributed by atoms with E-state index in [1.165, 1.54) is 18.3 Å². The van der Waals surface area contributed by atoms with Crippen LogP contribution in [0.2, 0.25) is 5.02 Å². The molecule has 20 heavy (non-hydrogen) atoms. The van der Waals surface area contributed by atoms with Gasteiger partial charge in [0.15, 0.2) is 0 Å². The van der Waals surface area contributed by atoms with Crippen molar-refractivity contribution in [3.63, 3.8) is 0 Å². The summed E-state index contributed by atoms with van der Waals surface area (Å²) in [7, 11) is 1.56. The van der Waals surface area contributed by atoms with Crippen molar-refractivity contribution in [1.82, 2.24) is 9.78 Å². The van der Waals surface area contributed by atoms with Crippen LogP contribution in [0.4, 0.5) is 8.78 Å². The summed E-state index contributed by atoms with van der Waals surface area (Å²) in [5.41, 5.74) is 6.84. The van der Waals surface area contributed by atoms with E-state index in [0.717, 1.165) is 6.07 Å². The van der Waals surface area contributed by atoms with Crippen molar-refractivity contribution in [3.05, 3.63) is 52.3 Å². The van der Waals surface area contributed by atoms with Crippen LogP contribution in [0.3, 0.4) is 0 Å². The van der Waals surface area contributed by atoms with Crippen LogP contribution in [0, 0.1) is 11.6 Å². The van der Waals surface area contributed by atoms with Crippen LogP contribution in [0.5, 0.6) is 0 Å². The number of hydrogen-bond acceptors (Lipinski definition) is 3. The number of methoxy groups -OCH3 is 1. The third-order valence-electron chi connectivity index (χ3n) is 2.88. The molecule has 1 atom stereocenters. The van der Waals surface area contributed by atoms with Gasteiger partial charge in [0.05, 0.1) is 36.1 Å². The van der Waals surface area contributed by atoms with Gasteiger partial charge in [0.1, 0.15) is 11.6 Å². The van der Waals surface area contributed by atoms with E-state index >= 15 is 0 Å². The average Bonchev–Trinajstić information content (AvgIpc) is 2.75. The van der Waals surface area contributed by atoms with Crippen molar-refractivity contribution in [2.24, 2.45) is 5.73 Å². The Morgan fingerprint density at radius 3 is 2.60 bits per heavy atom. The van der Waals surface area contributed by atoms with Gasteiger partial charge >= 0.3 is 0 Å². The maximum atomic E-state index is 13.3. The number of rotatable bonds is 5. The van der Waals surface area contributed by atoms with Gasteiger partial charge in [0.25, 0.3) is 0 Å². The third-order valence-corrected chi connectivity index (χ3v) is 3.17. The van der Waals surface area contributed by atoms with E-state index in [1.54, 1.807) is 11.8 Å². The first-order valence-electron chi connectivity index (χ1n) is 5.94. The minimum Gasteiger partial charge on any atom is -0.383 e. The molecule has 2 N–H and O–H groups in total. The fourth-order valence-electron chi connectivity index (χ4n) is 1.95. The predicted octanol–water partition coefficient (Wildman–Crippen LogP) is 2.51. The van der Waals surface area contributed by atoms with Crippen molar-refractivity contribution < 1.29 is 13.5 Å². The van der Waals surface area contributed by atoms with Crippen LogP contribution in [-0.2, 0) is 11.3 Å². The van der Waals surface area contributed by atoms with E-state index in [2.05, 4.69) is 5.10 Å². The first-order chi connectivity index (χ1) is 9.52. The summed E-state index contributed by atoms with van der Waals surface area (Å²) >= 11 is 6.06. The van der Waals surface area contributed by atoms with E-state index in [1.807, 2.05) is 0 Å². The minimum atomic E-state index is -0.771. The van der Waals surface area contributed by atoms with Crippen molar-refractivity contribution >= 4 is 11.6 Å². The number of nitrogens with two attached hydrogens (primary N) is 1. The van der Waals surface area contributed by atoms with Crippen molar-refractivity contribution in [1.29, 1.82) is 0 Å². The topological polar surface area (TPSA) is 53.1 Å². The van der Waals surface area contributed by atoms with Crippen molar-refractivity contribution in [2.75, 3.05) is 13.7 Å². The Hall–Kier alpha value is -1.50. The standard InChI is InChI=1S/C13H14ClF2N3O/c1-20-3-2-19-13(11(14)7-18-19)12(17)8-4-9(15)6-10(16)5-8/h4-7,12H,2-3,17H2,1H3. The Bertz CT molecular complexity index is 583. The van der Waals surface area contributed by atoms with Gasteiger partial charge in [-0.1, -0.05) is 11.6 Å². The quantitative estimate of drug-likeness (QED) is 0.923. The fourth-order valence-corrected chi connectivity index (χ4v) is 2.21. The van der Waals surface area contributed by atoms with Crippen molar-refractivity contribution in [3.8, 4) is 0 Å². The fraction of sp³-hybridized carbons (Fsp3) is 0.308. The maximum absolute atomic E-state index is 13.3. The summed E-state index contributed by atoms with van der Waals surface area (Å²) in [6.07, 6.45) is 1.45. The highest BCUT2D eigenvalue weighted by Gasteiger charge is 2.19. The molecule has 1 heterocycles. The number of halogens is 3. The molecule has 4 nitrogen and oxygen atoms in total. The van der Waals surface area contributed by atoms with Gasteiger partial charge < -0.3 is 10.5 Å². The van der Waals surface area contributed by atoms with Gasteiger partial charge in [-0.2, -0.15) is 5.10 Å². The highest BCUT2D eigenvalue weighted by Crippen LogP contribution is 2.27. The molecule has 0 spiro atoms. The zero-order valence-corrected chi connectivity index (χ0v) is 11.6. The molecule has 0 saturated carbocycles. The van der Waals surface area contributed by atoms with Crippen LogP contribution in [0.15, 0.2) is 24.4 Å². The molecular weight excluding hydrogens is 288 g/mol. The summed E-state index contributed by atoms with van der Waals surface area (Å²) < 4.78 is 33.1. The zero-order valence-electron chi connectivity index (χ0n) is 10.8. The van der Waals surface area contributed by atoms with Crippen LogP contribution in [0.1, 0.15) is 17.3 Å². The van der Waals surface area contributed by atoms with Gasteiger partial charge in [-0.15, -0.1) is 0 Å². The molecule has 0 bridgehead atoms. The lowest BCUT2D eigenvalue weighted by Gasteiger charge is -2.15. The predicted molar refractivity (Wildman–Crippen MR) is 71.5 cm³/mol. The number of hydrogen-bond donors (Lipinski definition) is 1. The molecule has 2 rings (SSSR count). The second-order valence-electron chi connectivity index (χ2n) is 4.27. The van der Waals surface area contributed by atoms with Gasteiger partial charge in [0, 0.05) is 13.2 Å². The lowest BCUT2D eigenvalue weighted by atomic mass is 10.0. The Morgan fingerprint density at radius 1 is 1.35 bits per heavy atom. The highest BCUT2D eigenvalue weighted by molar-refractivity contribution is 6.31. The zero-order chi connectivity index (χ0) is 14.7. The molecule has 108 valence electrons. The molecule has 2 aromatic rings. The lowest BCUT2D eigenvalue weighted by Crippen LogP contribution is -2.19. The summed E-state index contributed by atoms with van der Waals surface area (Å²) in [6.45, 7) is 0.874. The monoisotopic (exact) mass is 301 g/mol. The van der Waals surface area contributed by atoms with E-state index in [-0.39, 0.29) is 0 Å². The Morgan fingerprint density at radius 2 is 2.00 bits per heavy atom. The Balaban J connectivity index is 2.36.